The number of amides is 1. The van der Waals surface area contributed by atoms with Crippen molar-refractivity contribution in [3.8, 4) is 5.75 Å². The van der Waals surface area contributed by atoms with Crippen LogP contribution in [0.2, 0.25) is 10.0 Å². The van der Waals surface area contributed by atoms with E-state index in [0.29, 0.717) is 22.1 Å². The number of halogens is 2. The van der Waals surface area contributed by atoms with Gasteiger partial charge in [-0.05, 0) is 54.6 Å². The number of nitrogens with zero attached hydrogens (tertiary/aromatic N) is 1. The molecule has 156 valence electrons. The van der Waals surface area contributed by atoms with Gasteiger partial charge in [-0.1, -0.05) is 41.4 Å². The van der Waals surface area contributed by atoms with Gasteiger partial charge in [0.15, 0.2) is 0 Å². The van der Waals surface area contributed by atoms with Gasteiger partial charge >= 0.3 is 0 Å². The third-order valence-corrected chi connectivity index (χ3v) is 6.71. The molecule has 0 aromatic heterocycles. The van der Waals surface area contributed by atoms with Crippen LogP contribution in [0, 0.1) is 0 Å². The van der Waals surface area contributed by atoms with E-state index in [0.717, 1.165) is 4.31 Å². The second-order valence-corrected chi connectivity index (χ2v) is 8.88. The Morgan fingerprint density at radius 1 is 0.967 bits per heavy atom. The van der Waals surface area contributed by atoms with Crippen LogP contribution in [0.1, 0.15) is 0 Å². The SMILES string of the molecule is COc1ccc(S(=O)(=O)N(CC(=O)Nc2ccc(Cl)c(Cl)c2)c2ccccc2)cc1. The molecule has 0 saturated carbocycles. The molecule has 3 rings (SSSR count). The van der Waals surface area contributed by atoms with Crippen molar-refractivity contribution in [2.24, 2.45) is 0 Å². The number of sulfonamides is 1. The van der Waals surface area contributed by atoms with Crippen LogP contribution < -0.4 is 14.4 Å². The summed E-state index contributed by atoms with van der Waals surface area (Å²) in [5.74, 6) is -0.00750. The number of anilines is 2. The molecule has 6 nitrogen and oxygen atoms in total. The van der Waals surface area contributed by atoms with E-state index < -0.39 is 22.5 Å². The standard InChI is InChI=1S/C21H18Cl2N2O4S/c1-29-17-8-10-18(11-9-17)30(27,28)25(16-5-3-2-4-6-16)14-21(26)24-15-7-12-19(22)20(23)13-15/h2-13H,14H2,1H3,(H,24,26). The van der Waals surface area contributed by atoms with E-state index in [1.165, 1.54) is 25.3 Å². The zero-order valence-electron chi connectivity index (χ0n) is 15.9. The van der Waals surface area contributed by atoms with E-state index in [9.17, 15) is 13.2 Å². The van der Waals surface area contributed by atoms with Crippen LogP contribution in [-0.2, 0) is 14.8 Å². The quantitative estimate of drug-likeness (QED) is 0.542. The van der Waals surface area contributed by atoms with E-state index in [2.05, 4.69) is 5.32 Å². The molecule has 0 bridgehead atoms. The van der Waals surface area contributed by atoms with Crippen molar-refractivity contribution >= 4 is 50.5 Å². The van der Waals surface area contributed by atoms with Gasteiger partial charge in [0.1, 0.15) is 12.3 Å². The Balaban J connectivity index is 1.90. The van der Waals surface area contributed by atoms with Crippen molar-refractivity contribution in [1.29, 1.82) is 0 Å². The molecular weight excluding hydrogens is 447 g/mol. The lowest BCUT2D eigenvalue weighted by Gasteiger charge is -2.24. The number of nitrogens with one attached hydrogen (secondary N) is 1. The van der Waals surface area contributed by atoms with Gasteiger partial charge in [-0.15, -0.1) is 0 Å². The number of hydrogen-bond donors (Lipinski definition) is 1. The predicted molar refractivity (Wildman–Crippen MR) is 119 cm³/mol. The molecule has 1 N–H and O–H groups in total. The number of rotatable bonds is 7. The minimum Gasteiger partial charge on any atom is -0.497 e. The van der Waals surface area contributed by atoms with Gasteiger partial charge in [0.05, 0.1) is 27.7 Å². The summed E-state index contributed by atoms with van der Waals surface area (Å²) in [4.78, 5) is 12.7. The van der Waals surface area contributed by atoms with Crippen molar-refractivity contribution in [3.63, 3.8) is 0 Å². The van der Waals surface area contributed by atoms with Crippen LogP contribution in [0.15, 0.2) is 77.7 Å². The Bertz CT molecular complexity index is 1140. The summed E-state index contributed by atoms with van der Waals surface area (Å²) in [5, 5.41) is 3.27. The molecular formula is C21H18Cl2N2O4S. The lowest BCUT2D eigenvalue weighted by Crippen LogP contribution is -2.38. The van der Waals surface area contributed by atoms with E-state index in [4.69, 9.17) is 27.9 Å². The number of carbonyl (C=O) groups excluding carboxylic acids is 1. The van der Waals surface area contributed by atoms with E-state index >= 15 is 0 Å². The monoisotopic (exact) mass is 464 g/mol. The van der Waals surface area contributed by atoms with Gasteiger partial charge in [-0.25, -0.2) is 8.42 Å². The molecule has 30 heavy (non-hydrogen) atoms. The van der Waals surface area contributed by atoms with Crippen molar-refractivity contribution in [2.75, 3.05) is 23.3 Å². The number of ether oxygens (including phenoxy) is 1. The van der Waals surface area contributed by atoms with E-state index in [1.807, 2.05) is 0 Å². The lowest BCUT2D eigenvalue weighted by molar-refractivity contribution is -0.114. The maximum absolute atomic E-state index is 13.3. The first kappa shape index (κ1) is 22.0. The summed E-state index contributed by atoms with van der Waals surface area (Å²) in [5.41, 5.74) is 0.766. The smallest absolute Gasteiger partial charge is 0.264 e. The molecule has 0 atom stereocenters. The normalized spacial score (nSPS) is 11.0. The van der Waals surface area contributed by atoms with Crippen molar-refractivity contribution in [1.82, 2.24) is 0 Å². The fourth-order valence-electron chi connectivity index (χ4n) is 2.69. The Kier molecular flexibility index (Phi) is 6.87. The van der Waals surface area contributed by atoms with Crippen LogP contribution >= 0.6 is 23.2 Å². The van der Waals surface area contributed by atoms with Gasteiger partial charge in [0, 0.05) is 5.69 Å². The molecule has 0 aliphatic carbocycles. The molecule has 0 radical (unpaired) electrons. The van der Waals surface area contributed by atoms with Crippen LogP contribution in [0.4, 0.5) is 11.4 Å². The Morgan fingerprint density at radius 3 is 2.23 bits per heavy atom. The molecule has 0 spiro atoms. The lowest BCUT2D eigenvalue weighted by atomic mass is 10.3. The number of methoxy groups -OCH3 is 1. The third kappa shape index (κ3) is 5.05. The van der Waals surface area contributed by atoms with Gasteiger partial charge in [-0.2, -0.15) is 0 Å². The predicted octanol–water partition coefficient (Wildman–Crippen LogP) is 4.84. The number of para-hydroxylation sites is 1. The molecule has 0 fully saturated rings. The fraction of sp³-hybridized carbons (Fsp3) is 0.0952. The Hall–Kier alpha value is -2.74. The van der Waals surface area contributed by atoms with Crippen molar-refractivity contribution in [3.05, 3.63) is 82.8 Å². The first-order valence-corrected chi connectivity index (χ1v) is 11.0. The first-order valence-electron chi connectivity index (χ1n) is 8.78. The summed E-state index contributed by atoms with van der Waals surface area (Å²) in [6.07, 6.45) is 0. The number of benzene rings is 3. The average molecular weight is 465 g/mol. The first-order chi connectivity index (χ1) is 14.3. The highest BCUT2D eigenvalue weighted by Crippen LogP contribution is 2.27. The summed E-state index contributed by atoms with van der Waals surface area (Å²) < 4.78 is 32.7. The molecule has 3 aromatic carbocycles. The Morgan fingerprint density at radius 2 is 1.63 bits per heavy atom. The molecule has 0 heterocycles. The minimum atomic E-state index is -4.01. The fourth-order valence-corrected chi connectivity index (χ4v) is 4.41. The van der Waals surface area contributed by atoms with Crippen molar-refractivity contribution in [2.45, 2.75) is 4.90 Å². The highest BCUT2D eigenvalue weighted by Gasteiger charge is 2.27. The van der Waals surface area contributed by atoms with Crippen LogP contribution in [0.5, 0.6) is 5.75 Å². The van der Waals surface area contributed by atoms with Crippen LogP contribution in [0.25, 0.3) is 0 Å². The summed E-state index contributed by atoms with van der Waals surface area (Å²) in [6, 6.07) is 19.0. The Labute approximate surface area is 185 Å². The van der Waals surface area contributed by atoms with Crippen LogP contribution in [-0.4, -0.2) is 28.0 Å². The van der Waals surface area contributed by atoms with Gasteiger partial charge in [0.2, 0.25) is 5.91 Å². The van der Waals surface area contributed by atoms with Gasteiger partial charge < -0.3 is 10.1 Å². The highest BCUT2D eigenvalue weighted by molar-refractivity contribution is 7.92. The molecule has 0 saturated heterocycles. The summed E-state index contributed by atoms with van der Waals surface area (Å²) >= 11 is 11.9. The minimum absolute atomic E-state index is 0.0366. The third-order valence-electron chi connectivity index (χ3n) is 4.18. The second kappa shape index (κ2) is 9.38. The molecule has 1 amide bonds. The molecule has 0 aliphatic rings. The van der Waals surface area contributed by atoms with E-state index in [1.54, 1.807) is 54.6 Å². The van der Waals surface area contributed by atoms with Gasteiger partial charge in [0.25, 0.3) is 10.0 Å². The maximum atomic E-state index is 13.3. The molecule has 9 heteroatoms. The maximum Gasteiger partial charge on any atom is 0.264 e. The number of carbonyl (C=O) groups is 1. The highest BCUT2D eigenvalue weighted by atomic mass is 35.5. The molecule has 0 aliphatic heterocycles. The summed E-state index contributed by atoms with van der Waals surface area (Å²) in [6.45, 7) is -0.432. The zero-order chi connectivity index (χ0) is 21.7. The van der Waals surface area contributed by atoms with Crippen LogP contribution in [0.3, 0.4) is 0 Å². The topological polar surface area (TPSA) is 75.7 Å². The molecule has 3 aromatic rings. The van der Waals surface area contributed by atoms with E-state index in [-0.39, 0.29) is 9.92 Å². The largest absolute Gasteiger partial charge is 0.497 e. The summed E-state index contributed by atoms with van der Waals surface area (Å²) in [7, 11) is -2.52. The average Bonchev–Trinajstić information content (AvgIpc) is 2.75. The van der Waals surface area contributed by atoms with Crippen molar-refractivity contribution < 1.29 is 17.9 Å². The number of hydrogen-bond acceptors (Lipinski definition) is 4. The zero-order valence-corrected chi connectivity index (χ0v) is 18.2. The second-order valence-electron chi connectivity index (χ2n) is 6.20. The molecule has 0 unspecified atom stereocenters. The van der Waals surface area contributed by atoms with Gasteiger partial charge in [-0.3, -0.25) is 9.10 Å².